The highest BCUT2D eigenvalue weighted by molar-refractivity contribution is 7.80. The molecule has 1 amide bonds. The van der Waals surface area contributed by atoms with E-state index in [1.165, 1.54) is 0 Å². The normalized spacial score (nSPS) is 16.4. The lowest BCUT2D eigenvalue weighted by Crippen LogP contribution is -2.52. The van der Waals surface area contributed by atoms with Crippen molar-refractivity contribution in [3.8, 4) is 0 Å². The Labute approximate surface area is 185 Å². The van der Waals surface area contributed by atoms with Gasteiger partial charge in [-0.25, -0.2) is 4.39 Å². The Hall–Kier alpha value is -2.06. The summed E-state index contributed by atoms with van der Waals surface area (Å²) in [6, 6.07) is 10.4. The number of nitrogens with one attached hydrogen (secondary N) is 1. The van der Waals surface area contributed by atoms with Gasteiger partial charge in [-0.3, -0.25) is 9.69 Å². The number of likely N-dealkylation sites (tertiary alicyclic amines) is 1. The molecule has 3 nitrogen and oxygen atoms in total. The zero-order chi connectivity index (χ0) is 22.8. The third-order valence-electron chi connectivity index (χ3n) is 5.93. The maximum atomic E-state index is 13.6. The molecular weight excluding hydrogens is 428 g/mol. The van der Waals surface area contributed by atoms with Crippen LogP contribution < -0.4 is 5.32 Å². The second kappa shape index (κ2) is 9.20. The van der Waals surface area contributed by atoms with E-state index in [2.05, 4.69) is 22.8 Å². The van der Waals surface area contributed by atoms with Crippen LogP contribution in [0.15, 0.2) is 47.4 Å². The van der Waals surface area contributed by atoms with Crippen LogP contribution in [0, 0.1) is 0 Å². The summed E-state index contributed by atoms with van der Waals surface area (Å²) in [6.07, 6.45) is -2.53. The molecule has 3 rings (SSSR count). The molecule has 0 aliphatic carbocycles. The Morgan fingerprint density at radius 2 is 1.74 bits per heavy atom. The number of thiol groups is 1. The SMILES string of the molecule is CC(C)(C(NC(=O)c1c(S)cc(C(F)(F)F)cc1CF)c1ccccc1)N1CCCC1. The summed E-state index contributed by atoms with van der Waals surface area (Å²) < 4.78 is 53.0. The minimum absolute atomic E-state index is 0.169. The average molecular weight is 455 g/mol. The van der Waals surface area contributed by atoms with Crippen LogP contribution in [0.3, 0.4) is 0 Å². The lowest BCUT2D eigenvalue weighted by atomic mass is 9.86. The summed E-state index contributed by atoms with van der Waals surface area (Å²) in [5.41, 5.74) is -1.13. The van der Waals surface area contributed by atoms with Gasteiger partial charge in [-0.1, -0.05) is 30.3 Å². The standard InChI is InChI=1S/C23H26F4N2OS/c1-22(2,29-10-6-7-11-29)20(15-8-4-3-5-9-15)28-21(30)19-16(14-24)12-17(13-18(19)31)23(25,26)27/h3-5,8-9,12-13,20,31H,6-7,10-11,14H2,1-2H3,(H,28,30). The van der Waals surface area contributed by atoms with Gasteiger partial charge in [-0.05, 0) is 63.0 Å². The molecule has 31 heavy (non-hydrogen) atoms. The van der Waals surface area contributed by atoms with Crippen LogP contribution in [0.1, 0.15) is 59.8 Å². The molecule has 2 aromatic carbocycles. The number of halogens is 4. The van der Waals surface area contributed by atoms with Gasteiger partial charge in [0.1, 0.15) is 6.67 Å². The summed E-state index contributed by atoms with van der Waals surface area (Å²) in [4.78, 5) is 15.3. The molecule has 1 fully saturated rings. The van der Waals surface area contributed by atoms with E-state index in [4.69, 9.17) is 0 Å². The zero-order valence-electron chi connectivity index (χ0n) is 17.5. The smallest absolute Gasteiger partial charge is 0.343 e. The Balaban J connectivity index is 2.00. The maximum absolute atomic E-state index is 13.6. The number of carbonyl (C=O) groups is 1. The first-order chi connectivity index (χ1) is 14.6. The Bertz CT molecular complexity index is 925. The van der Waals surface area contributed by atoms with Crippen LogP contribution in [0.5, 0.6) is 0 Å². The van der Waals surface area contributed by atoms with Gasteiger partial charge in [0, 0.05) is 10.4 Å². The molecule has 168 valence electrons. The van der Waals surface area contributed by atoms with Gasteiger partial charge in [-0.15, -0.1) is 12.6 Å². The number of amides is 1. The fourth-order valence-electron chi connectivity index (χ4n) is 4.21. The number of benzene rings is 2. The number of rotatable bonds is 6. The Morgan fingerprint density at radius 1 is 1.13 bits per heavy atom. The summed E-state index contributed by atoms with van der Waals surface area (Å²) in [7, 11) is 0. The maximum Gasteiger partial charge on any atom is 0.416 e. The van der Waals surface area contributed by atoms with Crippen LogP contribution in [0.25, 0.3) is 0 Å². The molecule has 0 bridgehead atoms. The van der Waals surface area contributed by atoms with Crippen molar-refractivity contribution < 1.29 is 22.4 Å². The average Bonchev–Trinajstić information content (AvgIpc) is 3.27. The third-order valence-corrected chi connectivity index (χ3v) is 6.29. The fourth-order valence-corrected chi connectivity index (χ4v) is 4.59. The van der Waals surface area contributed by atoms with Gasteiger partial charge in [0.05, 0.1) is 17.2 Å². The van der Waals surface area contributed by atoms with E-state index < -0.39 is 35.9 Å². The first kappa shape index (κ1) is 23.6. The zero-order valence-corrected chi connectivity index (χ0v) is 18.4. The van der Waals surface area contributed by atoms with E-state index in [0.29, 0.717) is 6.07 Å². The lowest BCUT2D eigenvalue weighted by molar-refractivity contribution is -0.137. The molecule has 1 N–H and O–H groups in total. The van der Waals surface area contributed by atoms with E-state index in [1.807, 2.05) is 44.2 Å². The molecule has 0 aromatic heterocycles. The van der Waals surface area contributed by atoms with E-state index in [1.54, 1.807) is 0 Å². The minimum atomic E-state index is -4.65. The van der Waals surface area contributed by atoms with E-state index in [9.17, 15) is 22.4 Å². The van der Waals surface area contributed by atoms with Crippen LogP contribution >= 0.6 is 12.6 Å². The van der Waals surface area contributed by atoms with Gasteiger partial charge in [0.25, 0.3) is 5.91 Å². The van der Waals surface area contributed by atoms with Crippen molar-refractivity contribution in [1.29, 1.82) is 0 Å². The molecule has 1 aliphatic rings. The van der Waals surface area contributed by atoms with Crippen molar-refractivity contribution in [3.63, 3.8) is 0 Å². The quantitative estimate of drug-likeness (QED) is 0.427. The van der Waals surface area contributed by atoms with Gasteiger partial charge < -0.3 is 5.32 Å². The summed E-state index contributed by atoms with van der Waals surface area (Å²) in [6.45, 7) is 4.63. The molecule has 1 atom stereocenters. The van der Waals surface area contributed by atoms with Crippen molar-refractivity contribution in [3.05, 3.63) is 64.7 Å². The largest absolute Gasteiger partial charge is 0.416 e. The van der Waals surface area contributed by atoms with Crippen LogP contribution in [-0.4, -0.2) is 29.4 Å². The van der Waals surface area contributed by atoms with Crippen molar-refractivity contribution in [2.45, 2.75) is 56.0 Å². The van der Waals surface area contributed by atoms with Crippen molar-refractivity contribution in [2.24, 2.45) is 0 Å². The predicted octanol–water partition coefficient (Wildman–Crippen LogP) is 5.81. The molecule has 1 heterocycles. The number of carbonyl (C=O) groups excluding carboxylic acids is 1. The number of nitrogens with zero attached hydrogens (tertiary/aromatic N) is 1. The summed E-state index contributed by atoms with van der Waals surface area (Å²) >= 11 is 4.09. The van der Waals surface area contributed by atoms with Crippen molar-refractivity contribution in [1.82, 2.24) is 10.2 Å². The van der Waals surface area contributed by atoms with Gasteiger partial charge in [0.15, 0.2) is 0 Å². The summed E-state index contributed by atoms with van der Waals surface area (Å²) in [5, 5.41) is 2.96. The monoisotopic (exact) mass is 454 g/mol. The molecule has 0 saturated carbocycles. The van der Waals surface area contributed by atoms with E-state index >= 15 is 0 Å². The highest BCUT2D eigenvalue weighted by Gasteiger charge is 2.39. The molecule has 1 unspecified atom stereocenters. The van der Waals surface area contributed by atoms with Gasteiger partial charge in [0.2, 0.25) is 0 Å². The molecule has 8 heteroatoms. The highest BCUT2D eigenvalue weighted by Crippen LogP contribution is 2.36. The van der Waals surface area contributed by atoms with Crippen LogP contribution in [0.4, 0.5) is 17.6 Å². The van der Waals surface area contributed by atoms with Gasteiger partial charge >= 0.3 is 6.18 Å². The first-order valence-corrected chi connectivity index (χ1v) is 10.6. The minimum Gasteiger partial charge on any atom is -0.343 e. The number of hydrogen-bond donors (Lipinski definition) is 2. The third kappa shape index (κ3) is 5.06. The lowest BCUT2D eigenvalue weighted by Gasteiger charge is -2.42. The highest BCUT2D eigenvalue weighted by atomic mass is 32.1. The Kier molecular flexibility index (Phi) is 7.01. The second-order valence-electron chi connectivity index (χ2n) is 8.33. The Morgan fingerprint density at radius 3 is 2.29 bits per heavy atom. The molecule has 0 spiro atoms. The van der Waals surface area contributed by atoms with Crippen molar-refractivity contribution >= 4 is 18.5 Å². The van der Waals surface area contributed by atoms with E-state index in [-0.39, 0.29) is 16.0 Å². The number of hydrogen-bond acceptors (Lipinski definition) is 3. The van der Waals surface area contributed by atoms with Crippen molar-refractivity contribution in [2.75, 3.05) is 13.1 Å². The number of alkyl halides is 4. The topological polar surface area (TPSA) is 32.3 Å². The molecule has 0 radical (unpaired) electrons. The van der Waals surface area contributed by atoms with Crippen LogP contribution in [-0.2, 0) is 12.9 Å². The molecule has 1 saturated heterocycles. The first-order valence-electron chi connectivity index (χ1n) is 10.2. The fraction of sp³-hybridized carbons (Fsp3) is 0.435. The van der Waals surface area contributed by atoms with Crippen LogP contribution in [0.2, 0.25) is 0 Å². The second-order valence-corrected chi connectivity index (χ2v) is 8.81. The van der Waals surface area contributed by atoms with Gasteiger partial charge in [-0.2, -0.15) is 13.2 Å². The predicted molar refractivity (Wildman–Crippen MR) is 115 cm³/mol. The molecular formula is C23H26F4N2OS. The molecule has 1 aliphatic heterocycles. The van der Waals surface area contributed by atoms with E-state index in [0.717, 1.165) is 37.6 Å². The molecule has 2 aromatic rings. The summed E-state index contributed by atoms with van der Waals surface area (Å²) in [5.74, 6) is -0.646.